The lowest BCUT2D eigenvalue weighted by Gasteiger charge is -2.22. The number of rotatable bonds is 8. The van der Waals surface area contributed by atoms with Gasteiger partial charge < -0.3 is 5.32 Å². The quantitative estimate of drug-likeness (QED) is 0.798. The summed E-state index contributed by atoms with van der Waals surface area (Å²) < 4.78 is 23.0. The summed E-state index contributed by atoms with van der Waals surface area (Å²) in [7, 11) is -3.11. The fraction of sp³-hybridized carbons (Fsp3) is 0.625. The van der Waals surface area contributed by atoms with E-state index in [0.717, 1.165) is 25.8 Å². The number of sulfone groups is 1. The van der Waals surface area contributed by atoms with E-state index in [4.69, 9.17) is 0 Å². The molecule has 114 valence electrons. The molecule has 0 aliphatic rings. The molecular weight excluding hydrogens is 270 g/mol. The molecule has 3 nitrogen and oxygen atoms in total. The van der Waals surface area contributed by atoms with E-state index in [1.54, 1.807) is 12.1 Å². The Kier molecular flexibility index (Phi) is 6.69. The van der Waals surface area contributed by atoms with Gasteiger partial charge in [0.05, 0.1) is 4.90 Å². The van der Waals surface area contributed by atoms with E-state index in [0.29, 0.717) is 16.9 Å². The Labute approximate surface area is 123 Å². The molecule has 1 N–H and O–H groups in total. The maximum Gasteiger partial charge on any atom is 0.175 e. The molecule has 0 saturated heterocycles. The van der Waals surface area contributed by atoms with Crippen molar-refractivity contribution in [1.29, 1.82) is 0 Å². The maximum absolute atomic E-state index is 11.5. The predicted molar refractivity (Wildman–Crippen MR) is 84.7 cm³/mol. The third kappa shape index (κ3) is 5.25. The van der Waals surface area contributed by atoms with Crippen molar-refractivity contribution in [3.63, 3.8) is 0 Å². The first-order valence-corrected chi connectivity index (χ1v) is 9.31. The fourth-order valence-electron chi connectivity index (χ4n) is 2.17. The summed E-state index contributed by atoms with van der Waals surface area (Å²) in [5.41, 5.74) is 1.17. The zero-order valence-corrected chi connectivity index (χ0v) is 13.8. The highest BCUT2D eigenvalue weighted by atomic mass is 32.2. The van der Waals surface area contributed by atoms with Crippen LogP contribution in [0.25, 0.3) is 0 Å². The molecule has 0 heterocycles. The van der Waals surface area contributed by atoms with Crippen LogP contribution in [0.4, 0.5) is 0 Å². The summed E-state index contributed by atoms with van der Waals surface area (Å²) in [6, 6.07) is 7.60. The molecule has 0 saturated carbocycles. The van der Waals surface area contributed by atoms with Crippen LogP contribution in [0.2, 0.25) is 0 Å². The van der Waals surface area contributed by atoms with Gasteiger partial charge in [-0.05, 0) is 43.0 Å². The molecule has 1 aromatic rings. The minimum atomic E-state index is -3.11. The van der Waals surface area contributed by atoms with Gasteiger partial charge >= 0.3 is 0 Å². The molecule has 2 atom stereocenters. The Bertz CT molecular complexity index is 494. The van der Waals surface area contributed by atoms with Gasteiger partial charge in [0.2, 0.25) is 0 Å². The van der Waals surface area contributed by atoms with Crippen LogP contribution in [-0.2, 0) is 9.84 Å². The Morgan fingerprint density at radius 1 is 1.15 bits per heavy atom. The molecule has 0 bridgehead atoms. The highest BCUT2D eigenvalue weighted by molar-refractivity contribution is 7.90. The molecule has 20 heavy (non-hydrogen) atoms. The van der Waals surface area contributed by atoms with Crippen molar-refractivity contribution < 1.29 is 8.42 Å². The van der Waals surface area contributed by atoms with E-state index in [1.807, 2.05) is 12.1 Å². The molecule has 0 aromatic heterocycles. The van der Waals surface area contributed by atoms with Crippen LogP contribution in [0.3, 0.4) is 0 Å². The van der Waals surface area contributed by atoms with Crippen LogP contribution in [0.5, 0.6) is 0 Å². The third-order valence-corrected chi connectivity index (χ3v) is 4.81. The summed E-state index contributed by atoms with van der Waals surface area (Å²) in [5.74, 6) is 0.652. The fourth-order valence-corrected chi connectivity index (χ4v) is 2.80. The van der Waals surface area contributed by atoms with Crippen molar-refractivity contribution in [3.8, 4) is 0 Å². The molecule has 0 radical (unpaired) electrons. The monoisotopic (exact) mass is 297 g/mol. The number of hydrogen-bond acceptors (Lipinski definition) is 3. The number of hydrogen-bond donors (Lipinski definition) is 1. The predicted octanol–water partition coefficient (Wildman–Crippen LogP) is 3.57. The summed E-state index contributed by atoms with van der Waals surface area (Å²) in [6.45, 7) is 7.59. The van der Waals surface area contributed by atoms with Crippen molar-refractivity contribution in [2.24, 2.45) is 5.92 Å². The standard InChI is InChI=1S/C16H27NO2S/c1-5-11-17-16(12-13(3)6-2)14-7-9-15(10-8-14)20(4,18)19/h7-10,13,16-17H,5-6,11-12H2,1-4H3. The molecule has 0 fully saturated rings. The second-order valence-electron chi connectivity index (χ2n) is 5.60. The minimum Gasteiger partial charge on any atom is -0.310 e. The molecule has 1 aromatic carbocycles. The van der Waals surface area contributed by atoms with E-state index in [9.17, 15) is 8.42 Å². The van der Waals surface area contributed by atoms with Crippen LogP contribution < -0.4 is 5.32 Å². The highest BCUT2D eigenvalue weighted by Gasteiger charge is 2.15. The molecular formula is C16H27NO2S. The van der Waals surface area contributed by atoms with Gasteiger partial charge in [-0.1, -0.05) is 39.3 Å². The molecule has 0 aliphatic carbocycles. The Hall–Kier alpha value is -0.870. The van der Waals surface area contributed by atoms with Crippen molar-refractivity contribution >= 4 is 9.84 Å². The minimum absolute atomic E-state index is 0.304. The van der Waals surface area contributed by atoms with Crippen LogP contribution in [0.15, 0.2) is 29.2 Å². The van der Waals surface area contributed by atoms with E-state index in [-0.39, 0.29) is 0 Å². The first-order valence-electron chi connectivity index (χ1n) is 7.41. The van der Waals surface area contributed by atoms with Crippen molar-refractivity contribution in [3.05, 3.63) is 29.8 Å². The summed E-state index contributed by atoms with van der Waals surface area (Å²) in [4.78, 5) is 0.388. The topological polar surface area (TPSA) is 46.2 Å². The molecule has 0 amide bonds. The number of benzene rings is 1. The Morgan fingerprint density at radius 3 is 2.20 bits per heavy atom. The largest absolute Gasteiger partial charge is 0.310 e. The van der Waals surface area contributed by atoms with Gasteiger partial charge in [-0.15, -0.1) is 0 Å². The first kappa shape index (κ1) is 17.2. The normalized spacial score (nSPS) is 15.0. The zero-order chi connectivity index (χ0) is 15.2. The van der Waals surface area contributed by atoms with Crippen LogP contribution in [0, 0.1) is 5.92 Å². The van der Waals surface area contributed by atoms with Crippen molar-refractivity contribution in [1.82, 2.24) is 5.32 Å². The summed E-state index contributed by atoms with van der Waals surface area (Å²) >= 11 is 0. The smallest absolute Gasteiger partial charge is 0.175 e. The number of nitrogens with one attached hydrogen (secondary N) is 1. The van der Waals surface area contributed by atoms with Crippen molar-refractivity contribution in [2.45, 2.75) is 51.0 Å². The zero-order valence-electron chi connectivity index (χ0n) is 13.0. The van der Waals surface area contributed by atoms with Gasteiger partial charge in [0, 0.05) is 12.3 Å². The van der Waals surface area contributed by atoms with E-state index in [1.165, 1.54) is 11.8 Å². The Balaban J connectivity index is 2.89. The third-order valence-electron chi connectivity index (χ3n) is 3.69. The molecule has 0 spiro atoms. The summed E-state index contributed by atoms with van der Waals surface area (Å²) in [5, 5.41) is 3.56. The van der Waals surface area contributed by atoms with Crippen LogP contribution >= 0.6 is 0 Å². The van der Waals surface area contributed by atoms with E-state index >= 15 is 0 Å². The van der Waals surface area contributed by atoms with Crippen molar-refractivity contribution in [2.75, 3.05) is 12.8 Å². The van der Waals surface area contributed by atoms with E-state index < -0.39 is 9.84 Å². The van der Waals surface area contributed by atoms with Crippen LogP contribution in [0.1, 0.15) is 51.6 Å². The maximum atomic E-state index is 11.5. The average molecular weight is 297 g/mol. The van der Waals surface area contributed by atoms with E-state index in [2.05, 4.69) is 26.1 Å². The lowest BCUT2D eigenvalue weighted by molar-refractivity contribution is 0.402. The molecule has 2 unspecified atom stereocenters. The lowest BCUT2D eigenvalue weighted by Crippen LogP contribution is -2.24. The van der Waals surface area contributed by atoms with Gasteiger partial charge in [0.1, 0.15) is 0 Å². The highest BCUT2D eigenvalue weighted by Crippen LogP contribution is 2.24. The first-order chi connectivity index (χ1) is 9.38. The van der Waals surface area contributed by atoms with Crippen LogP contribution in [-0.4, -0.2) is 21.2 Å². The second kappa shape index (κ2) is 7.79. The van der Waals surface area contributed by atoms with Gasteiger partial charge in [0.15, 0.2) is 9.84 Å². The van der Waals surface area contributed by atoms with Gasteiger partial charge in [0.25, 0.3) is 0 Å². The molecule has 1 rings (SSSR count). The van der Waals surface area contributed by atoms with Gasteiger partial charge in [-0.2, -0.15) is 0 Å². The second-order valence-corrected chi connectivity index (χ2v) is 7.61. The molecule has 0 aliphatic heterocycles. The lowest BCUT2D eigenvalue weighted by atomic mass is 9.94. The van der Waals surface area contributed by atoms with Gasteiger partial charge in [-0.3, -0.25) is 0 Å². The molecule has 4 heteroatoms. The SMILES string of the molecule is CCCNC(CC(C)CC)c1ccc(S(C)(=O)=O)cc1. The average Bonchev–Trinajstić information content (AvgIpc) is 2.42. The van der Waals surface area contributed by atoms with Gasteiger partial charge in [-0.25, -0.2) is 8.42 Å². The summed E-state index contributed by atoms with van der Waals surface area (Å²) in [6.07, 6.45) is 4.58. The Morgan fingerprint density at radius 2 is 1.75 bits per heavy atom.